The van der Waals surface area contributed by atoms with Crippen molar-refractivity contribution < 1.29 is 9.90 Å². The standard InChI is InChI=1S/C28H30N4O2S/c1-3-21-13-10-14-22(4-2)26(21)29-25(34)19-35-28-31-30-27(23-15-8-9-16-24(23)33)32(28)18-17-20-11-6-5-7-12-20/h5-16,33H,3-4,17-19H2,1-2H3,(H,29,34). The SMILES string of the molecule is CCc1cccc(CC)c1NC(=O)CSc1nnc(-c2ccccc2O)n1CCc1ccccc1. The third kappa shape index (κ3) is 5.92. The van der Waals surface area contributed by atoms with Crippen LogP contribution in [-0.4, -0.2) is 31.5 Å². The van der Waals surface area contributed by atoms with Crippen LogP contribution in [0.25, 0.3) is 11.4 Å². The van der Waals surface area contributed by atoms with Crippen molar-refractivity contribution in [3.8, 4) is 17.1 Å². The number of benzene rings is 3. The molecule has 4 rings (SSSR count). The molecule has 0 saturated carbocycles. The zero-order chi connectivity index (χ0) is 24.6. The van der Waals surface area contributed by atoms with Gasteiger partial charge in [0, 0.05) is 12.2 Å². The quantitative estimate of drug-likeness (QED) is 0.279. The van der Waals surface area contributed by atoms with Crippen molar-refractivity contribution in [2.45, 2.75) is 44.8 Å². The van der Waals surface area contributed by atoms with Crippen molar-refractivity contribution in [3.63, 3.8) is 0 Å². The molecule has 1 aromatic heterocycles. The Labute approximate surface area is 210 Å². The molecule has 0 unspecified atom stereocenters. The summed E-state index contributed by atoms with van der Waals surface area (Å²) in [5.41, 5.74) is 5.00. The highest BCUT2D eigenvalue weighted by atomic mass is 32.2. The number of para-hydroxylation sites is 2. The molecule has 0 aliphatic rings. The average molecular weight is 487 g/mol. The van der Waals surface area contributed by atoms with Gasteiger partial charge in [0.05, 0.1) is 11.3 Å². The summed E-state index contributed by atoms with van der Waals surface area (Å²) in [7, 11) is 0. The second kappa shape index (κ2) is 11.7. The maximum Gasteiger partial charge on any atom is 0.234 e. The van der Waals surface area contributed by atoms with E-state index in [0.29, 0.717) is 23.1 Å². The topological polar surface area (TPSA) is 80.0 Å². The van der Waals surface area contributed by atoms with Crippen LogP contribution in [-0.2, 0) is 30.6 Å². The van der Waals surface area contributed by atoms with Crippen LogP contribution in [0, 0.1) is 0 Å². The number of nitrogens with zero attached hydrogens (tertiary/aromatic N) is 3. The predicted molar refractivity (Wildman–Crippen MR) is 142 cm³/mol. The number of phenols is 1. The number of hydrogen-bond acceptors (Lipinski definition) is 5. The Bertz CT molecular complexity index is 1270. The summed E-state index contributed by atoms with van der Waals surface area (Å²) in [5, 5.41) is 22.9. The maximum absolute atomic E-state index is 12.9. The lowest BCUT2D eigenvalue weighted by molar-refractivity contribution is -0.113. The van der Waals surface area contributed by atoms with Gasteiger partial charge in [0.15, 0.2) is 11.0 Å². The van der Waals surface area contributed by atoms with Crippen LogP contribution in [0.15, 0.2) is 78.0 Å². The zero-order valence-electron chi connectivity index (χ0n) is 20.1. The lowest BCUT2D eigenvalue weighted by Gasteiger charge is -2.14. The van der Waals surface area contributed by atoms with Gasteiger partial charge in [0.2, 0.25) is 5.91 Å². The number of carbonyl (C=O) groups is 1. The summed E-state index contributed by atoms with van der Waals surface area (Å²) >= 11 is 1.35. The largest absolute Gasteiger partial charge is 0.507 e. The molecular formula is C28H30N4O2S. The number of anilines is 1. The Morgan fingerprint density at radius 1 is 0.914 bits per heavy atom. The molecule has 0 spiro atoms. The molecule has 35 heavy (non-hydrogen) atoms. The zero-order valence-corrected chi connectivity index (χ0v) is 20.9. The van der Waals surface area contributed by atoms with Gasteiger partial charge in [-0.3, -0.25) is 4.79 Å². The van der Waals surface area contributed by atoms with Gasteiger partial charge in [0.25, 0.3) is 0 Å². The van der Waals surface area contributed by atoms with Crippen molar-refractivity contribution in [1.29, 1.82) is 0 Å². The first-order valence-electron chi connectivity index (χ1n) is 11.9. The first-order valence-corrected chi connectivity index (χ1v) is 12.9. The number of rotatable bonds is 10. The predicted octanol–water partition coefficient (Wildman–Crippen LogP) is 5.75. The second-order valence-corrected chi connectivity index (χ2v) is 9.15. The van der Waals surface area contributed by atoms with E-state index in [1.54, 1.807) is 12.1 Å². The van der Waals surface area contributed by atoms with Crippen LogP contribution in [0.5, 0.6) is 5.75 Å². The number of aromatic nitrogens is 3. The Morgan fingerprint density at radius 2 is 1.60 bits per heavy atom. The number of thioether (sulfide) groups is 1. The molecule has 1 heterocycles. The van der Waals surface area contributed by atoms with Crippen molar-refractivity contribution in [2.24, 2.45) is 0 Å². The molecule has 7 heteroatoms. The van der Waals surface area contributed by atoms with Gasteiger partial charge in [0.1, 0.15) is 5.75 Å². The lowest BCUT2D eigenvalue weighted by Crippen LogP contribution is -2.17. The number of aryl methyl sites for hydroxylation is 3. The van der Waals surface area contributed by atoms with E-state index in [9.17, 15) is 9.90 Å². The van der Waals surface area contributed by atoms with Crippen molar-refractivity contribution >= 4 is 23.4 Å². The number of phenolic OH excluding ortho intramolecular Hbond substituents is 1. The Balaban J connectivity index is 1.54. The molecule has 180 valence electrons. The van der Waals surface area contributed by atoms with Gasteiger partial charge in [-0.2, -0.15) is 0 Å². The van der Waals surface area contributed by atoms with Crippen molar-refractivity contribution in [3.05, 3.63) is 89.5 Å². The van der Waals surface area contributed by atoms with E-state index < -0.39 is 0 Å². The molecule has 0 fully saturated rings. The van der Waals surface area contributed by atoms with E-state index in [1.165, 1.54) is 17.3 Å². The summed E-state index contributed by atoms with van der Waals surface area (Å²) in [6, 6.07) is 23.5. The fourth-order valence-electron chi connectivity index (χ4n) is 4.05. The van der Waals surface area contributed by atoms with Crippen LogP contribution in [0.3, 0.4) is 0 Å². The monoisotopic (exact) mass is 486 g/mol. The maximum atomic E-state index is 12.9. The van der Waals surface area contributed by atoms with E-state index in [4.69, 9.17) is 0 Å². The molecule has 3 aromatic carbocycles. The molecular weight excluding hydrogens is 456 g/mol. The van der Waals surface area contributed by atoms with E-state index in [-0.39, 0.29) is 17.4 Å². The molecule has 4 aromatic rings. The summed E-state index contributed by atoms with van der Waals surface area (Å²) in [5.74, 6) is 0.878. The van der Waals surface area contributed by atoms with Gasteiger partial charge in [-0.25, -0.2) is 0 Å². The van der Waals surface area contributed by atoms with Crippen LogP contribution >= 0.6 is 11.8 Å². The van der Waals surface area contributed by atoms with E-state index in [1.807, 2.05) is 41.0 Å². The van der Waals surface area contributed by atoms with Gasteiger partial charge in [-0.15, -0.1) is 10.2 Å². The van der Waals surface area contributed by atoms with Crippen LogP contribution in [0.4, 0.5) is 5.69 Å². The molecule has 0 atom stereocenters. The highest BCUT2D eigenvalue weighted by molar-refractivity contribution is 7.99. The van der Waals surface area contributed by atoms with E-state index >= 15 is 0 Å². The van der Waals surface area contributed by atoms with E-state index in [0.717, 1.165) is 36.1 Å². The molecule has 0 aliphatic carbocycles. The van der Waals surface area contributed by atoms with Gasteiger partial charge < -0.3 is 15.0 Å². The van der Waals surface area contributed by atoms with Crippen molar-refractivity contribution in [2.75, 3.05) is 11.1 Å². The second-order valence-electron chi connectivity index (χ2n) is 8.21. The Morgan fingerprint density at radius 3 is 2.29 bits per heavy atom. The summed E-state index contributed by atoms with van der Waals surface area (Å²) in [6.07, 6.45) is 2.49. The molecule has 2 N–H and O–H groups in total. The van der Waals surface area contributed by atoms with E-state index in [2.05, 4.69) is 53.6 Å². The van der Waals surface area contributed by atoms with Crippen LogP contribution < -0.4 is 5.32 Å². The van der Waals surface area contributed by atoms with Gasteiger partial charge >= 0.3 is 0 Å². The number of carbonyl (C=O) groups excluding carboxylic acids is 1. The lowest BCUT2D eigenvalue weighted by atomic mass is 10.0. The minimum Gasteiger partial charge on any atom is -0.507 e. The van der Waals surface area contributed by atoms with Crippen molar-refractivity contribution in [1.82, 2.24) is 14.8 Å². The highest BCUT2D eigenvalue weighted by Gasteiger charge is 2.18. The average Bonchev–Trinajstić information content (AvgIpc) is 3.29. The fourth-order valence-corrected chi connectivity index (χ4v) is 4.82. The Hall–Kier alpha value is -3.58. The molecule has 0 saturated heterocycles. The third-order valence-electron chi connectivity index (χ3n) is 5.92. The van der Waals surface area contributed by atoms with Gasteiger partial charge in [-0.05, 0) is 48.1 Å². The molecule has 1 amide bonds. The molecule has 0 bridgehead atoms. The Kier molecular flexibility index (Phi) is 8.21. The minimum absolute atomic E-state index is 0.0766. The first-order chi connectivity index (χ1) is 17.1. The molecule has 0 aliphatic heterocycles. The number of aromatic hydroxyl groups is 1. The third-order valence-corrected chi connectivity index (χ3v) is 6.89. The normalized spacial score (nSPS) is 10.9. The number of hydrogen-bond donors (Lipinski definition) is 2. The number of nitrogens with one attached hydrogen (secondary N) is 1. The molecule has 0 radical (unpaired) electrons. The highest BCUT2D eigenvalue weighted by Crippen LogP contribution is 2.31. The molecule has 6 nitrogen and oxygen atoms in total. The number of amides is 1. The smallest absolute Gasteiger partial charge is 0.234 e. The van der Waals surface area contributed by atoms with Gasteiger partial charge in [-0.1, -0.05) is 86.3 Å². The summed E-state index contributed by atoms with van der Waals surface area (Å²) in [6.45, 7) is 4.81. The van der Waals surface area contributed by atoms with Crippen LogP contribution in [0.2, 0.25) is 0 Å². The summed E-state index contributed by atoms with van der Waals surface area (Å²) in [4.78, 5) is 12.9. The first kappa shape index (κ1) is 24.5. The van der Waals surface area contributed by atoms with Crippen LogP contribution in [0.1, 0.15) is 30.5 Å². The minimum atomic E-state index is -0.0766. The fraction of sp³-hybridized carbons (Fsp3) is 0.250. The summed E-state index contributed by atoms with van der Waals surface area (Å²) < 4.78 is 1.98.